The van der Waals surface area contributed by atoms with Gasteiger partial charge in [0.05, 0.1) is 99.1 Å². The fourth-order valence-corrected chi connectivity index (χ4v) is 3.08. The van der Waals surface area contributed by atoms with Crippen molar-refractivity contribution >= 4 is 0 Å². The quantitative estimate of drug-likeness (QED) is 0.125. The van der Waals surface area contributed by atoms with Crippen molar-refractivity contribution in [2.45, 2.75) is 6.92 Å². The lowest BCUT2D eigenvalue weighted by Crippen LogP contribution is -2.15. The zero-order chi connectivity index (χ0) is 28.9. The molecule has 12 heteroatoms. The number of hydrogen-bond acceptors (Lipinski definition) is 12. The molecule has 0 heterocycles. The maximum atomic E-state index is 6.05. The van der Waals surface area contributed by atoms with Crippen molar-refractivity contribution in [3.63, 3.8) is 0 Å². The summed E-state index contributed by atoms with van der Waals surface area (Å²) in [6, 6.07) is 3.82. The molecule has 1 aromatic rings. The van der Waals surface area contributed by atoms with E-state index < -0.39 is 0 Å². The molecule has 0 radical (unpaired) electrons. The summed E-state index contributed by atoms with van der Waals surface area (Å²) in [6.45, 7) is 10.4. The molecule has 0 aliphatic heterocycles. The van der Waals surface area contributed by atoms with Gasteiger partial charge in [0.2, 0.25) is 5.75 Å². The normalized spacial score (nSPS) is 11.2. The molecule has 0 aromatic heterocycles. The molecule has 234 valence electrons. The first-order valence-electron chi connectivity index (χ1n) is 13.7. The fourth-order valence-electron chi connectivity index (χ4n) is 3.08. The van der Waals surface area contributed by atoms with Gasteiger partial charge in [0, 0.05) is 21.3 Å². The Balaban J connectivity index is 2.53. The molecule has 1 rings (SSSR count). The Labute approximate surface area is 239 Å². The Morgan fingerprint density at radius 3 is 0.975 bits per heavy atom. The van der Waals surface area contributed by atoms with Gasteiger partial charge in [-0.15, -0.1) is 0 Å². The summed E-state index contributed by atoms with van der Waals surface area (Å²) in [7, 11) is 4.92. The molecule has 0 bridgehead atoms. The van der Waals surface area contributed by atoms with E-state index in [2.05, 4.69) is 0 Å². The first-order valence-corrected chi connectivity index (χ1v) is 13.7. The Kier molecular flexibility index (Phi) is 24.9. The van der Waals surface area contributed by atoms with Crippen LogP contribution in [0.25, 0.3) is 0 Å². The van der Waals surface area contributed by atoms with E-state index >= 15 is 0 Å². The van der Waals surface area contributed by atoms with Crippen LogP contribution in [0.15, 0.2) is 12.1 Å². The van der Waals surface area contributed by atoms with Crippen molar-refractivity contribution in [3.05, 3.63) is 17.7 Å². The van der Waals surface area contributed by atoms with Crippen molar-refractivity contribution < 1.29 is 56.8 Å². The molecule has 0 N–H and O–H groups in total. The number of rotatable bonds is 30. The Morgan fingerprint density at radius 1 is 0.375 bits per heavy atom. The fraction of sp³-hybridized carbons (Fsp3) is 0.786. The maximum absolute atomic E-state index is 6.05. The van der Waals surface area contributed by atoms with Gasteiger partial charge in [0.1, 0.15) is 19.8 Å². The minimum atomic E-state index is 0.318. The van der Waals surface area contributed by atoms with E-state index in [-0.39, 0.29) is 0 Å². The van der Waals surface area contributed by atoms with Crippen LogP contribution in [-0.2, 0) is 42.6 Å². The molecule has 40 heavy (non-hydrogen) atoms. The summed E-state index contributed by atoms with van der Waals surface area (Å²) >= 11 is 0. The van der Waals surface area contributed by atoms with Gasteiger partial charge >= 0.3 is 0 Å². The molecule has 0 fully saturated rings. The molecule has 0 saturated heterocycles. The van der Waals surface area contributed by atoms with E-state index in [0.29, 0.717) is 136 Å². The highest BCUT2D eigenvalue weighted by molar-refractivity contribution is 5.53. The maximum Gasteiger partial charge on any atom is 0.203 e. The average molecular weight is 579 g/mol. The van der Waals surface area contributed by atoms with Crippen molar-refractivity contribution in [3.8, 4) is 17.2 Å². The number of ether oxygens (including phenoxy) is 12. The molecule has 0 aliphatic rings. The predicted molar refractivity (Wildman–Crippen MR) is 148 cm³/mol. The Bertz CT molecular complexity index is 648. The van der Waals surface area contributed by atoms with E-state index in [4.69, 9.17) is 56.8 Å². The zero-order valence-electron chi connectivity index (χ0n) is 24.8. The lowest BCUT2D eigenvalue weighted by atomic mass is 10.2. The molecule has 0 atom stereocenters. The smallest absolute Gasteiger partial charge is 0.203 e. The first kappa shape index (κ1) is 36.3. The standard InChI is InChI=1S/C28H50O12/c1-25-23-26(38-20-17-35-14-11-32-8-5-29-2)28(40-22-19-37-16-13-34-10-7-31-4)27(24-25)39-21-18-36-15-12-33-9-6-30-3/h23-24H,5-22H2,1-4H3. The highest BCUT2D eigenvalue weighted by atomic mass is 16.6. The summed E-state index contributed by atoms with van der Waals surface area (Å²) in [5.41, 5.74) is 0.974. The van der Waals surface area contributed by atoms with Crippen molar-refractivity contribution in [2.75, 3.05) is 140 Å². The van der Waals surface area contributed by atoms with E-state index in [0.717, 1.165) is 5.56 Å². The molecule has 1 aromatic carbocycles. The summed E-state index contributed by atoms with van der Waals surface area (Å²) < 4.78 is 65.9. The molecular weight excluding hydrogens is 528 g/mol. The van der Waals surface area contributed by atoms with Crippen LogP contribution in [0, 0.1) is 6.92 Å². The average Bonchev–Trinajstić information content (AvgIpc) is 2.95. The van der Waals surface area contributed by atoms with Gasteiger partial charge < -0.3 is 56.8 Å². The van der Waals surface area contributed by atoms with Crippen molar-refractivity contribution in [1.82, 2.24) is 0 Å². The van der Waals surface area contributed by atoms with Gasteiger partial charge in [-0.2, -0.15) is 0 Å². The molecule has 0 unspecified atom stereocenters. The third kappa shape index (κ3) is 20.2. The summed E-state index contributed by atoms with van der Waals surface area (Å²) in [5, 5.41) is 0. The van der Waals surface area contributed by atoms with Crippen LogP contribution in [0.1, 0.15) is 5.56 Å². The van der Waals surface area contributed by atoms with Crippen molar-refractivity contribution in [2.24, 2.45) is 0 Å². The predicted octanol–water partition coefficient (Wildman–Crippen LogP) is 2.17. The van der Waals surface area contributed by atoms with Gasteiger partial charge in [0.25, 0.3) is 0 Å². The number of methoxy groups -OCH3 is 3. The lowest BCUT2D eigenvalue weighted by Gasteiger charge is -2.18. The second-order valence-electron chi connectivity index (χ2n) is 8.29. The van der Waals surface area contributed by atoms with E-state index in [1.165, 1.54) is 0 Å². The van der Waals surface area contributed by atoms with Crippen LogP contribution in [0.5, 0.6) is 17.2 Å². The van der Waals surface area contributed by atoms with Gasteiger partial charge in [0.15, 0.2) is 11.5 Å². The topological polar surface area (TPSA) is 111 Å². The minimum Gasteiger partial charge on any atom is -0.487 e. The molecule has 0 spiro atoms. The minimum absolute atomic E-state index is 0.318. The molecule has 0 amide bonds. The van der Waals surface area contributed by atoms with Gasteiger partial charge in [-0.3, -0.25) is 0 Å². The SMILES string of the molecule is COCCOCCOCCOc1cc(C)cc(OCCOCCOCCOC)c1OCCOCCOCCOC. The van der Waals surface area contributed by atoms with Crippen LogP contribution in [-0.4, -0.2) is 140 Å². The van der Waals surface area contributed by atoms with Crippen molar-refractivity contribution in [1.29, 1.82) is 0 Å². The molecule has 0 saturated carbocycles. The molecule has 0 aliphatic carbocycles. The third-order valence-electron chi connectivity index (χ3n) is 5.02. The highest BCUT2D eigenvalue weighted by Crippen LogP contribution is 2.39. The Hall–Kier alpha value is -1.74. The number of benzene rings is 1. The van der Waals surface area contributed by atoms with Gasteiger partial charge in [-0.25, -0.2) is 0 Å². The largest absolute Gasteiger partial charge is 0.487 e. The lowest BCUT2D eigenvalue weighted by molar-refractivity contribution is 0.0146. The van der Waals surface area contributed by atoms with Gasteiger partial charge in [-0.1, -0.05) is 0 Å². The highest BCUT2D eigenvalue weighted by Gasteiger charge is 2.15. The van der Waals surface area contributed by atoms with E-state index in [1.54, 1.807) is 21.3 Å². The monoisotopic (exact) mass is 578 g/mol. The summed E-state index contributed by atoms with van der Waals surface area (Å²) in [4.78, 5) is 0. The van der Waals surface area contributed by atoms with Crippen LogP contribution in [0.4, 0.5) is 0 Å². The second-order valence-corrected chi connectivity index (χ2v) is 8.29. The van der Waals surface area contributed by atoms with Crippen LogP contribution in [0.3, 0.4) is 0 Å². The molecule has 12 nitrogen and oxygen atoms in total. The van der Waals surface area contributed by atoms with Crippen LogP contribution >= 0.6 is 0 Å². The number of hydrogen-bond donors (Lipinski definition) is 0. The second kappa shape index (κ2) is 27.4. The molecular formula is C28H50O12. The summed E-state index contributed by atoms with van der Waals surface area (Å²) in [6.07, 6.45) is 0. The zero-order valence-corrected chi connectivity index (χ0v) is 24.8. The Morgan fingerprint density at radius 2 is 0.650 bits per heavy atom. The van der Waals surface area contributed by atoms with E-state index in [1.807, 2.05) is 19.1 Å². The van der Waals surface area contributed by atoms with Crippen LogP contribution in [0.2, 0.25) is 0 Å². The third-order valence-corrected chi connectivity index (χ3v) is 5.02. The number of aryl methyl sites for hydroxylation is 1. The van der Waals surface area contributed by atoms with E-state index in [9.17, 15) is 0 Å². The summed E-state index contributed by atoms with van der Waals surface area (Å²) in [5.74, 6) is 1.66. The first-order chi connectivity index (χ1) is 19.7. The van der Waals surface area contributed by atoms with Crippen LogP contribution < -0.4 is 14.2 Å². The van der Waals surface area contributed by atoms with Gasteiger partial charge in [-0.05, 0) is 24.6 Å².